The highest BCUT2D eigenvalue weighted by molar-refractivity contribution is 5.97. The first-order valence-electron chi connectivity index (χ1n) is 5.88. The zero-order valence-corrected chi connectivity index (χ0v) is 10.9. The van der Waals surface area contributed by atoms with Crippen LogP contribution >= 0.6 is 0 Å². The van der Waals surface area contributed by atoms with Gasteiger partial charge in [0.2, 0.25) is 5.91 Å². The van der Waals surface area contributed by atoms with Gasteiger partial charge in [0.1, 0.15) is 6.04 Å². The van der Waals surface area contributed by atoms with Crippen molar-refractivity contribution >= 4 is 17.6 Å². The van der Waals surface area contributed by atoms with Crippen molar-refractivity contribution < 1.29 is 27.9 Å². The van der Waals surface area contributed by atoms with Crippen molar-refractivity contribution in [3.8, 4) is 0 Å². The second-order valence-corrected chi connectivity index (χ2v) is 4.20. The van der Waals surface area contributed by atoms with Crippen LogP contribution in [0.25, 0.3) is 0 Å². The highest BCUT2D eigenvalue weighted by Crippen LogP contribution is 2.32. The molecule has 0 saturated carbocycles. The summed E-state index contributed by atoms with van der Waals surface area (Å²) >= 11 is 0. The van der Waals surface area contributed by atoms with E-state index < -0.39 is 29.7 Å². The molecule has 20 heavy (non-hydrogen) atoms. The van der Waals surface area contributed by atoms with Gasteiger partial charge in [0.15, 0.2) is 0 Å². The van der Waals surface area contributed by atoms with E-state index in [1.807, 2.05) is 0 Å². The minimum Gasteiger partial charge on any atom is -0.480 e. The smallest absolute Gasteiger partial charge is 0.416 e. The number of hydrogen-bond acceptors (Lipinski definition) is 2. The minimum absolute atomic E-state index is 0.0819. The number of amides is 1. The van der Waals surface area contributed by atoms with Gasteiger partial charge in [-0.1, -0.05) is 13.0 Å². The summed E-state index contributed by atoms with van der Waals surface area (Å²) in [6.45, 7) is 2.66. The van der Waals surface area contributed by atoms with E-state index in [0.717, 1.165) is 30.0 Å². The van der Waals surface area contributed by atoms with Crippen LogP contribution in [0.3, 0.4) is 0 Å². The molecule has 1 unspecified atom stereocenters. The predicted octanol–water partition coefficient (Wildman–Crippen LogP) is 2.92. The third-order valence-corrected chi connectivity index (χ3v) is 2.77. The monoisotopic (exact) mass is 289 g/mol. The molecule has 1 rings (SSSR count). The fourth-order valence-electron chi connectivity index (χ4n) is 1.88. The molecule has 0 spiro atoms. The maximum absolute atomic E-state index is 12.7. The zero-order valence-electron chi connectivity index (χ0n) is 10.9. The van der Waals surface area contributed by atoms with Crippen LogP contribution in [-0.4, -0.2) is 23.0 Å². The first kappa shape index (κ1) is 16.0. The van der Waals surface area contributed by atoms with Crippen molar-refractivity contribution in [3.63, 3.8) is 0 Å². The van der Waals surface area contributed by atoms with Gasteiger partial charge in [0.25, 0.3) is 0 Å². The molecule has 0 aromatic heterocycles. The van der Waals surface area contributed by atoms with Crippen molar-refractivity contribution in [3.05, 3.63) is 29.8 Å². The molecular formula is C13H14F3NO3. The topological polar surface area (TPSA) is 57.6 Å². The largest absolute Gasteiger partial charge is 0.480 e. The van der Waals surface area contributed by atoms with Crippen molar-refractivity contribution in [1.82, 2.24) is 0 Å². The SMILES string of the molecule is CCC(C(=O)O)N(C(C)=O)c1cccc(C(F)(F)F)c1. The number of halogens is 3. The van der Waals surface area contributed by atoms with Gasteiger partial charge in [-0.25, -0.2) is 4.79 Å². The first-order valence-corrected chi connectivity index (χ1v) is 5.88. The highest BCUT2D eigenvalue weighted by atomic mass is 19.4. The average Bonchev–Trinajstić information content (AvgIpc) is 2.33. The second kappa shape index (κ2) is 5.94. The summed E-state index contributed by atoms with van der Waals surface area (Å²) < 4.78 is 38.0. The molecule has 110 valence electrons. The molecule has 0 aliphatic rings. The number of rotatable bonds is 4. The van der Waals surface area contributed by atoms with Crippen molar-refractivity contribution in [2.24, 2.45) is 0 Å². The number of carbonyl (C=O) groups is 2. The lowest BCUT2D eigenvalue weighted by Gasteiger charge is -2.27. The number of anilines is 1. The van der Waals surface area contributed by atoms with Crippen molar-refractivity contribution in [2.45, 2.75) is 32.5 Å². The number of hydrogen-bond donors (Lipinski definition) is 1. The van der Waals surface area contributed by atoms with Crippen LogP contribution in [0.5, 0.6) is 0 Å². The summed E-state index contributed by atoms with van der Waals surface area (Å²) in [4.78, 5) is 23.6. The lowest BCUT2D eigenvalue weighted by atomic mass is 10.1. The third-order valence-electron chi connectivity index (χ3n) is 2.77. The Labute approximate surface area is 113 Å². The van der Waals surface area contributed by atoms with Crippen molar-refractivity contribution in [2.75, 3.05) is 4.90 Å². The van der Waals surface area contributed by atoms with E-state index in [1.165, 1.54) is 6.07 Å². The van der Waals surface area contributed by atoms with Crippen LogP contribution < -0.4 is 4.90 Å². The number of carbonyl (C=O) groups excluding carboxylic acids is 1. The molecule has 1 aromatic carbocycles. The number of aliphatic carboxylic acids is 1. The number of alkyl halides is 3. The van der Waals surface area contributed by atoms with E-state index in [2.05, 4.69) is 0 Å². The normalized spacial score (nSPS) is 12.8. The minimum atomic E-state index is -4.55. The molecule has 0 aliphatic carbocycles. The Morgan fingerprint density at radius 1 is 1.35 bits per heavy atom. The number of carboxylic acids is 1. The summed E-state index contributed by atoms with van der Waals surface area (Å²) in [6, 6.07) is 2.86. The van der Waals surface area contributed by atoms with Gasteiger partial charge in [-0.2, -0.15) is 13.2 Å². The molecule has 0 radical (unpaired) electrons. The Morgan fingerprint density at radius 2 is 1.95 bits per heavy atom. The van der Waals surface area contributed by atoms with E-state index in [4.69, 9.17) is 5.11 Å². The van der Waals surface area contributed by atoms with Crippen LogP contribution in [0.15, 0.2) is 24.3 Å². The van der Waals surface area contributed by atoms with Gasteiger partial charge in [0, 0.05) is 12.6 Å². The number of carboxylic acid groups (broad SMARTS) is 1. The maximum Gasteiger partial charge on any atom is 0.416 e. The summed E-state index contributed by atoms with van der Waals surface area (Å²) in [7, 11) is 0. The van der Waals surface area contributed by atoms with Gasteiger partial charge >= 0.3 is 12.1 Å². The maximum atomic E-state index is 12.7. The quantitative estimate of drug-likeness (QED) is 0.927. The van der Waals surface area contributed by atoms with Crippen LogP contribution in [-0.2, 0) is 15.8 Å². The van der Waals surface area contributed by atoms with E-state index in [-0.39, 0.29) is 12.1 Å². The summed E-state index contributed by atoms with van der Waals surface area (Å²) in [6.07, 6.45) is -4.46. The first-order chi connectivity index (χ1) is 9.18. The third kappa shape index (κ3) is 3.49. The van der Waals surface area contributed by atoms with Crippen LogP contribution in [0.2, 0.25) is 0 Å². The zero-order chi connectivity index (χ0) is 15.5. The van der Waals surface area contributed by atoms with E-state index in [9.17, 15) is 22.8 Å². The molecule has 1 atom stereocenters. The Balaban J connectivity index is 3.29. The van der Waals surface area contributed by atoms with Crippen LogP contribution in [0, 0.1) is 0 Å². The van der Waals surface area contributed by atoms with Gasteiger partial charge < -0.3 is 5.11 Å². The van der Waals surface area contributed by atoms with Gasteiger partial charge in [-0.15, -0.1) is 0 Å². The average molecular weight is 289 g/mol. The molecule has 0 saturated heterocycles. The lowest BCUT2D eigenvalue weighted by Crippen LogP contribution is -2.44. The molecule has 1 N–H and O–H groups in total. The summed E-state index contributed by atoms with van der Waals surface area (Å²) in [5.41, 5.74) is -1.01. The van der Waals surface area contributed by atoms with Gasteiger partial charge in [-0.05, 0) is 24.6 Å². The van der Waals surface area contributed by atoms with Gasteiger partial charge in [-0.3, -0.25) is 9.69 Å². The second-order valence-electron chi connectivity index (χ2n) is 4.20. The summed E-state index contributed by atoms with van der Waals surface area (Å²) in [5, 5.41) is 9.07. The molecule has 0 aliphatic heterocycles. The predicted molar refractivity (Wildman–Crippen MR) is 66.3 cm³/mol. The molecule has 4 nitrogen and oxygen atoms in total. The fourth-order valence-corrected chi connectivity index (χ4v) is 1.88. The molecule has 1 amide bonds. The Morgan fingerprint density at radius 3 is 2.35 bits per heavy atom. The number of nitrogens with zero attached hydrogens (tertiary/aromatic N) is 1. The van der Waals surface area contributed by atoms with E-state index >= 15 is 0 Å². The summed E-state index contributed by atoms with van der Waals surface area (Å²) in [5.74, 6) is -1.89. The molecule has 1 aromatic rings. The van der Waals surface area contributed by atoms with Crippen LogP contribution in [0.4, 0.5) is 18.9 Å². The molecule has 0 bridgehead atoms. The molecule has 0 heterocycles. The molecule has 7 heteroatoms. The van der Waals surface area contributed by atoms with E-state index in [1.54, 1.807) is 6.92 Å². The Hall–Kier alpha value is -2.05. The molecular weight excluding hydrogens is 275 g/mol. The molecule has 0 fully saturated rings. The standard InChI is InChI=1S/C13H14F3NO3/c1-3-11(12(19)20)17(8(2)18)10-6-4-5-9(7-10)13(14,15)16/h4-7,11H,3H2,1-2H3,(H,19,20). The number of benzene rings is 1. The Kier molecular flexibility index (Phi) is 4.75. The highest BCUT2D eigenvalue weighted by Gasteiger charge is 2.33. The lowest BCUT2D eigenvalue weighted by molar-refractivity contribution is -0.140. The van der Waals surface area contributed by atoms with Crippen LogP contribution in [0.1, 0.15) is 25.8 Å². The van der Waals surface area contributed by atoms with E-state index in [0.29, 0.717) is 0 Å². The fraction of sp³-hybridized carbons (Fsp3) is 0.385. The van der Waals surface area contributed by atoms with Gasteiger partial charge in [0.05, 0.1) is 5.56 Å². The van der Waals surface area contributed by atoms with Crippen molar-refractivity contribution in [1.29, 1.82) is 0 Å². The Bertz CT molecular complexity index is 514.